The third-order valence-electron chi connectivity index (χ3n) is 11.6. The Hall–Kier alpha value is -6.72. The summed E-state index contributed by atoms with van der Waals surface area (Å²) >= 11 is 0. The predicted molar refractivity (Wildman–Crippen MR) is 233 cm³/mol. The SMILES string of the molecule is CC1C=C(n2c3c(c4ccccc42)-c2ccccc2N(C)C3c2ccc(-c3ccc(-c4cc(C5=CC=CCN5C)nc(-c5ccccn5)c4)cc3)cc2)C=CC1. The lowest BCUT2D eigenvalue weighted by molar-refractivity contribution is 0.529. The number of hydrogen-bond acceptors (Lipinski definition) is 4. The minimum Gasteiger partial charge on any atom is -0.369 e. The van der Waals surface area contributed by atoms with Crippen molar-refractivity contribution in [3.63, 3.8) is 0 Å². The maximum absolute atomic E-state index is 5.08. The molecule has 0 N–H and O–H groups in total. The first kappa shape index (κ1) is 33.8. The molecule has 5 heterocycles. The Labute approximate surface area is 328 Å². The highest BCUT2D eigenvalue weighted by Crippen LogP contribution is 2.52. The van der Waals surface area contributed by atoms with E-state index in [-0.39, 0.29) is 6.04 Å². The molecule has 0 radical (unpaired) electrons. The molecule has 3 aromatic heterocycles. The number of anilines is 1. The topological polar surface area (TPSA) is 37.2 Å². The summed E-state index contributed by atoms with van der Waals surface area (Å²) in [5.74, 6) is 0.487. The molecule has 3 aliphatic rings. The lowest BCUT2D eigenvalue weighted by atomic mass is 9.88. The van der Waals surface area contributed by atoms with Gasteiger partial charge in [-0.2, -0.15) is 0 Å². The maximum atomic E-state index is 5.08. The number of nitrogens with zero attached hydrogens (tertiary/aromatic N) is 5. The molecule has 0 spiro atoms. The van der Waals surface area contributed by atoms with Crippen LogP contribution in [0.2, 0.25) is 0 Å². The van der Waals surface area contributed by atoms with Crippen molar-refractivity contribution in [1.82, 2.24) is 19.4 Å². The number of allylic oxidation sites excluding steroid dienone is 6. The van der Waals surface area contributed by atoms with E-state index in [1.165, 1.54) is 55.8 Å². The number of rotatable bonds is 6. The summed E-state index contributed by atoms with van der Waals surface area (Å²) in [6, 6.07) is 46.3. The van der Waals surface area contributed by atoms with E-state index in [0.29, 0.717) is 5.92 Å². The van der Waals surface area contributed by atoms with Crippen LogP contribution in [-0.4, -0.2) is 40.1 Å². The van der Waals surface area contributed by atoms with Crippen molar-refractivity contribution >= 4 is 28.0 Å². The van der Waals surface area contributed by atoms with Crippen molar-refractivity contribution in [2.75, 3.05) is 25.5 Å². The maximum Gasteiger partial charge on any atom is 0.0953 e. The van der Waals surface area contributed by atoms with Crippen molar-refractivity contribution in [2.24, 2.45) is 5.92 Å². The molecule has 1 aliphatic carbocycles. The normalized spacial score (nSPS) is 17.4. The van der Waals surface area contributed by atoms with Crippen LogP contribution in [0.15, 0.2) is 170 Å². The zero-order chi connectivity index (χ0) is 37.8. The molecule has 0 amide bonds. The Balaban J connectivity index is 1.03. The minimum absolute atomic E-state index is 0.0262. The molecule has 5 heteroatoms. The Morgan fingerprint density at radius 3 is 2.16 bits per heavy atom. The average Bonchev–Trinajstić information content (AvgIpc) is 3.59. The fraction of sp³-hybridized carbons (Fsp3) is 0.137. The highest BCUT2D eigenvalue weighted by Gasteiger charge is 2.36. The van der Waals surface area contributed by atoms with Gasteiger partial charge in [-0.15, -0.1) is 0 Å². The fourth-order valence-corrected chi connectivity index (χ4v) is 8.82. The van der Waals surface area contributed by atoms with E-state index >= 15 is 0 Å². The van der Waals surface area contributed by atoms with E-state index in [1.807, 2.05) is 24.4 Å². The quantitative estimate of drug-likeness (QED) is 0.171. The molecule has 4 aromatic carbocycles. The van der Waals surface area contributed by atoms with Crippen molar-refractivity contribution in [1.29, 1.82) is 0 Å². The zero-order valence-corrected chi connectivity index (χ0v) is 32.0. The van der Waals surface area contributed by atoms with Gasteiger partial charge in [-0.1, -0.05) is 122 Å². The number of aromatic nitrogens is 3. The third-order valence-corrected chi connectivity index (χ3v) is 11.6. The second-order valence-electron chi connectivity index (χ2n) is 15.3. The molecule has 2 atom stereocenters. The first-order valence-corrected chi connectivity index (χ1v) is 19.6. The third kappa shape index (κ3) is 5.79. The Morgan fingerprint density at radius 2 is 1.39 bits per heavy atom. The summed E-state index contributed by atoms with van der Waals surface area (Å²) in [5, 5.41) is 1.30. The second kappa shape index (κ2) is 13.8. The molecule has 0 saturated carbocycles. The van der Waals surface area contributed by atoms with Gasteiger partial charge in [-0.3, -0.25) is 4.98 Å². The molecular weight excluding hydrogens is 683 g/mol. The zero-order valence-electron chi connectivity index (χ0n) is 32.0. The number of fused-ring (bicyclic) bond motifs is 5. The molecular formula is C51H43N5. The monoisotopic (exact) mass is 725 g/mol. The summed E-state index contributed by atoms with van der Waals surface area (Å²) in [6.45, 7) is 3.17. The van der Waals surface area contributed by atoms with Gasteiger partial charge in [0.05, 0.1) is 40.0 Å². The van der Waals surface area contributed by atoms with Crippen LogP contribution in [-0.2, 0) is 0 Å². The summed E-state index contributed by atoms with van der Waals surface area (Å²) in [7, 11) is 4.36. The molecule has 2 aliphatic heterocycles. The van der Waals surface area contributed by atoms with E-state index in [9.17, 15) is 0 Å². The minimum atomic E-state index is 0.0262. The fourth-order valence-electron chi connectivity index (χ4n) is 8.82. The number of likely N-dealkylation sites (N-methyl/N-ethyl adjacent to an activating group) is 1. The first-order chi connectivity index (χ1) is 27.5. The van der Waals surface area contributed by atoms with Crippen LogP contribution in [0.25, 0.3) is 67.1 Å². The second-order valence-corrected chi connectivity index (χ2v) is 15.3. The van der Waals surface area contributed by atoms with E-state index < -0.39 is 0 Å². The number of para-hydroxylation sites is 2. The number of hydrogen-bond donors (Lipinski definition) is 0. The molecule has 5 nitrogen and oxygen atoms in total. The average molecular weight is 726 g/mol. The molecule has 272 valence electrons. The Kier molecular flexibility index (Phi) is 8.36. The smallest absolute Gasteiger partial charge is 0.0953 e. The van der Waals surface area contributed by atoms with E-state index in [1.54, 1.807) is 0 Å². The molecule has 2 unspecified atom stereocenters. The first-order valence-electron chi connectivity index (χ1n) is 19.6. The van der Waals surface area contributed by atoms with Crippen molar-refractivity contribution < 1.29 is 0 Å². The summed E-state index contributed by atoms with van der Waals surface area (Å²) < 4.78 is 2.53. The van der Waals surface area contributed by atoms with Gasteiger partial charge in [0.1, 0.15) is 0 Å². The van der Waals surface area contributed by atoms with E-state index in [2.05, 4.69) is 186 Å². The van der Waals surface area contributed by atoms with Crippen LogP contribution in [0.5, 0.6) is 0 Å². The van der Waals surface area contributed by atoms with Crippen LogP contribution >= 0.6 is 0 Å². The highest BCUT2D eigenvalue weighted by atomic mass is 15.2. The summed E-state index contributed by atoms with van der Waals surface area (Å²) in [5.41, 5.74) is 17.4. The molecule has 0 fully saturated rings. The number of benzene rings is 4. The van der Waals surface area contributed by atoms with Gasteiger partial charge in [0.15, 0.2) is 0 Å². The van der Waals surface area contributed by atoms with E-state index in [4.69, 9.17) is 4.98 Å². The van der Waals surface area contributed by atoms with Gasteiger partial charge < -0.3 is 14.4 Å². The number of pyridine rings is 2. The van der Waals surface area contributed by atoms with Gasteiger partial charge in [-0.05, 0) is 88.7 Å². The van der Waals surface area contributed by atoms with E-state index in [0.717, 1.165) is 46.9 Å². The lowest BCUT2D eigenvalue weighted by Gasteiger charge is -2.38. The van der Waals surface area contributed by atoms with Crippen LogP contribution in [0.3, 0.4) is 0 Å². The molecule has 0 saturated heterocycles. The lowest BCUT2D eigenvalue weighted by Crippen LogP contribution is -2.30. The van der Waals surface area contributed by atoms with Crippen molar-refractivity contribution in [3.05, 3.63) is 187 Å². The van der Waals surface area contributed by atoms with Crippen LogP contribution < -0.4 is 4.90 Å². The standard InChI is InChI=1S/C51H43N5/c1-34-13-12-14-40(31-34)56-47-19-7-5-16-42(47)49-41-15-4-6-18-46(41)55(3)50(51(49)56)38-27-25-36(26-28-38)35-21-23-37(24-22-35)39-32-44(43-17-8-10-29-52-43)53-45(33-39)48-20-9-11-30-54(48)2/h4-12,14-29,31-34,50H,13,30H2,1-3H3. The van der Waals surface area contributed by atoms with Gasteiger partial charge in [-0.25, -0.2) is 4.98 Å². The molecule has 10 rings (SSSR count). The van der Waals surface area contributed by atoms with Gasteiger partial charge >= 0.3 is 0 Å². The van der Waals surface area contributed by atoms with Crippen molar-refractivity contribution in [3.8, 4) is 44.8 Å². The van der Waals surface area contributed by atoms with Crippen LogP contribution in [0.1, 0.15) is 36.3 Å². The predicted octanol–water partition coefficient (Wildman–Crippen LogP) is 11.9. The van der Waals surface area contributed by atoms with Gasteiger partial charge in [0.25, 0.3) is 0 Å². The van der Waals surface area contributed by atoms with Gasteiger partial charge in [0, 0.05) is 54.7 Å². The van der Waals surface area contributed by atoms with Crippen molar-refractivity contribution in [2.45, 2.75) is 19.4 Å². The highest BCUT2D eigenvalue weighted by molar-refractivity contribution is 6.05. The van der Waals surface area contributed by atoms with Crippen LogP contribution in [0.4, 0.5) is 5.69 Å². The van der Waals surface area contributed by atoms with Crippen LogP contribution in [0, 0.1) is 5.92 Å². The molecule has 7 aromatic rings. The Bertz CT molecular complexity index is 2730. The molecule has 56 heavy (non-hydrogen) atoms. The Morgan fingerprint density at radius 1 is 0.679 bits per heavy atom. The molecule has 0 bridgehead atoms. The summed E-state index contributed by atoms with van der Waals surface area (Å²) in [6.07, 6.45) is 16.4. The largest absolute Gasteiger partial charge is 0.369 e. The summed E-state index contributed by atoms with van der Waals surface area (Å²) in [4.78, 5) is 14.4. The van der Waals surface area contributed by atoms with Gasteiger partial charge in [0.2, 0.25) is 0 Å².